The zero-order valence-corrected chi connectivity index (χ0v) is 14.7. The van der Waals surface area contributed by atoms with Gasteiger partial charge in [0.15, 0.2) is 0 Å². The van der Waals surface area contributed by atoms with E-state index in [1.54, 1.807) is 6.07 Å². The number of thiophene rings is 1. The van der Waals surface area contributed by atoms with Gasteiger partial charge in [-0.3, -0.25) is 14.3 Å². The van der Waals surface area contributed by atoms with Gasteiger partial charge in [-0.05, 0) is 28.1 Å². The van der Waals surface area contributed by atoms with Crippen LogP contribution in [-0.2, 0) is 6.54 Å². The monoisotopic (exact) mass is 410 g/mol. The van der Waals surface area contributed by atoms with Gasteiger partial charge < -0.3 is 0 Å². The summed E-state index contributed by atoms with van der Waals surface area (Å²) in [5.74, 6) is 0. The molecule has 0 aliphatic heterocycles. The van der Waals surface area contributed by atoms with Crippen LogP contribution in [0.4, 0.5) is 0 Å². The Labute approximate surface area is 147 Å². The van der Waals surface area contributed by atoms with Crippen molar-refractivity contribution in [2.24, 2.45) is 0 Å². The van der Waals surface area contributed by atoms with Gasteiger partial charge in [-0.25, -0.2) is 9.36 Å². The van der Waals surface area contributed by atoms with Gasteiger partial charge in [0, 0.05) is 12.7 Å². The molecule has 0 saturated heterocycles. The van der Waals surface area contributed by atoms with Crippen LogP contribution in [0.5, 0.6) is 0 Å². The first-order valence-corrected chi connectivity index (χ1v) is 8.44. The lowest BCUT2D eigenvalue weighted by molar-refractivity contribution is 0.662. The summed E-state index contributed by atoms with van der Waals surface area (Å²) >= 11 is 10.5. The Morgan fingerprint density at radius 2 is 2.13 bits per heavy atom. The summed E-state index contributed by atoms with van der Waals surface area (Å²) in [6, 6.07) is 5.22. The smallest absolute Gasteiger partial charge is 0.291 e. The van der Waals surface area contributed by atoms with E-state index in [1.807, 2.05) is 6.07 Å². The average Bonchev–Trinajstić information content (AvgIpc) is 2.89. The Kier molecular flexibility index (Phi) is 4.35. The first-order chi connectivity index (χ1) is 11.0. The van der Waals surface area contributed by atoms with E-state index in [1.165, 1.54) is 34.4 Å². The summed E-state index contributed by atoms with van der Waals surface area (Å²) in [5, 5.41) is 9.13. The van der Waals surface area contributed by atoms with E-state index in [4.69, 9.17) is 16.9 Å². The molecule has 3 heterocycles. The lowest BCUT2D eigenvalue weighted by atomic mass is 10.3. The zero-order valence-electron chi connectivity index (χ0n) is 11.5. The molecule has 0 atom stereocenters. The van der Waals surface area contributed by atoms with Gasteiger partial charge in [0.1, 0.15) is 4.70 Å². The quantitative estimate of drug-likeness (QED) is 0.663. The van der Waals surface area contributed by atoms with Crippen molar-refractivity contribution < 1.29 is 0 Å². The number of hydrogen-bond acceptors (Lipinski definition) is 5. The number of fused-ring (bicyclic) bond motifs is 1. The number of rotatable bonds is 3. The number of nitrogens with zero attached hydrogens (tertiary/aromatic N) is 4. The number of aryl methyl sites for hydroxylation is 1. The fraction of sp³-hybridized carbons (Fsp3) is 0.143. The minimum Gasteiger partial charge on any atom is -0.291 e. The Balaban J connectivity index is 2.41. The third-order valence-corrected chi connectivity index (χ3v) is 5.01. The highest BCUT2D eigenvalue weighted by molar-refractivity contribution is 9.11. The first-order valence-electron chi connectivity index (χ1n) is 6.45. The molecule has 6 nitrogen and oxygen atoms in total. The molecule has 23 heavy (non-hydrogen) atoms. The summed E-state index contributed by atoms with van der Waals surface area (Å²) in [6.07, 6.45) is 2.98. The highest BCUT2D eigenvalue weighted by Crippen LogP contribution is 2.27. The van der Waals surface area contributed by atoms with Crippen molar-refractivity contribution in [2.75, 3.05) is 0 Å². The van der Waals surface area contributed by atoms with Crippen molar-refractivity contribution in [3.05, 3.63) is 54.2 Å². The van der Waals surface area contributed by atoms with E-state index in [9.17, 15) is 9.59 Å². The fourth-order valence-electron chi connectivity index (χ4n) is 2.25. The second-order valence-corrected chi connectivity index (χ2v) is 7.48. The van der Waals surface area contributed by atoms with Crippen molar-refractivity contribution in [3.8, 4) is 11.8 Å². The normalized spacial score (nSPS) is 10.8. The van der Waals surface area contributed by atoms with Crippen molar-refractivity contribution in [1.82, 2.24) is 14.1 Å². The molecule has 0 fully saturated rings. The minimum atomic E-state index is -0.521. The summed E-state index contributed by atoms with van der Waals surface area (Å²) in [4.78, 5) is 29.4. The van der Waals surface area contributed by atoms with Crippen LogP contribution in [0, 0.1) is 11.3 Å². The van der Waals surface area contributed by atoms with E-state index in [0.717, 1.165) is 8.35 Å². The first kappa shape index (κ1) is 15.9. The van der Waals surface area contributed by atoms with Gasteiger partial charge >= 0.3 is 5.69 Å². The van der Waals surface area contributed by atoms with E-state index in [0.29, 0.717) is 20.9 Å². The van der Waals surface area contributed by atoms with E-state index in [2.05, 4.69) is 20.9 Å². The van der Waals surface area contributed by atoms with Crippen LogP contribution in [0.1, 0.15) is 6.42 Å². The molecular weight excluding hydrogens is 404 g/mol. The molecule has 0 aliphatic rings. The molecule has 116 valence electrons. The molecule has 0 unspecified atom stereocenters. The van der Waals surface area contributed by atoms with Crippen LogP contribution in [-0.4, -0.2) is 14.1 Å². The van der Waals surface area contributed by atoms with Gasteiger partial charge in [0.2, 0.25) is 0 Å². The Hall–Kier alpha value is -1.95. The average molecular weight is 412 g/mol. The van der Waals surface area contributed by atoms with Gasteiger partial charge in [-0.1, -0.05) is 11.6 Å². The van der Waals surface area contributed by atoms with Crippen molar-refractivity contribution in [1.29, 1.82) is 5.26 Å². The van der Waals surface area contributed by atoms with Crippen molar-refractivity contribution >= 4 is 49.1 Å². The molecule has 9 heteroatoms. The Bertz CT molecular complexity index is 1060. The molecular formula is C14H8BrClN4O2S. The molecule has 0 saturated carbocycles. The van der Waals surface area contributed by atoms with Crippen molar-refractivity contribution in [2.45, 2.75) is 13.0 Å². The zero-order chi connectivity index (χ0) is 16.6. The molecule has 3 aromatic rings. The molecule has 0 aromatic carbocycles. The standard InChI is InChI=1S/C14H8BrClN4O2S/c15-11-5-10-12(23-11)13(21)20(9-4-8(16)6-18-7-9)14(22)19(10)3-1-2-17/h4-7H,1,3H2. The van der Waals surface area contributed by atoms with Gasteiger partial charge in [0.25, 0.3) is 5.56 Å². The van der Waals surface area contributed by atoms with Crippen LogP contribution in [0.3, 0.4) is 0 Å². The second kappa shape index (κ2) is 6.28. The molecule has 0 radical (unpaired) electrons. The number of aromatic nitrogens is 3. The number of pyridine rings is 1. The van der Waals surface area contributed by atoms with Gasteiger partial charge in [-0.2, -0.15) is 5.26 Å². The number of halogens is 2. The predicted molar refractivity (Wildman–Crippen MR) is 92.4 cm³/mol. The Morgan fingerprint density at radius 1 is 1.35 bits per heavy atom. The van der Waals surface area contributed by atoms with Crippen LogP contribution >= 0.6 is 38.9 Å². The second-order valence-electron chi connectivity index (χ2n) is 4.61. The number of nitriles is 1. The third kappa shape index (κ3) is 2.83. The molecule has 0 aliphatic carbocycles. The van der Waals surface area contributed by atoms with Crippen molar-refractivity contribution in [3.63, 3.8) is 0 Å². The fourth-order valence-corrected chi connectivity index (χ4v) is 3.94. The maximum absolute atomic E-state index is 12.8. The van der Waals surface area contributed by atoms with Crippen LogP contribution in [0.25, 0.3) is 15.9 Å². The summed E-state index contributed by atoms with van der Waals surface area (Å²) < 4.78 is 3.61. The maximum atomic E-state index is 12.8. The molecule has 0 bridgehead atoms. The van der Waals surface area contributed by atoms with Gasteiger partial charge in [-0.15, -0.1) is 11.3 Å². The summed E-state index contributed by atoms with van der Waals surface area (Å²) in [7, 11) is 0. The Morgan fingerprint density at radius 3 is 2.83 bits per heavy atom. The van der Waals surface area contributed by atoms with E-state index in [-0.39, 0.29) is 13.0 Å². The predicted octanol–water partition coefficient (Wildman–Crippen LogP) is 2.94. The van der Waals surface area contributed by atoms with Crippen LogP contribution in [0.15, 0.2) is 37.9 Å². The summed E-state index contributed by atoms with van der Waals surface area (Å²) in [5.41, 5.74) is -0.145. The lowest BCUT2D eigenvalue weighted by Gasteiger charge is -2.10. The van der Waals surface area contributed by atoms with E-state index >= 15 is 0 Å². The number of hydrogen-bond donors (Lipinski definition) is 0. The van der Waals surface area contributed by atoms with Crippen LogP contribution in [0.2, 0.25) is 5.02 Å². The summed E-state index contributed by atoms with van der Waals surface area (Å²) in [6.45, 7) is 0.198. The lowest BCUT2D eigenvalue weighted by Crippen LogP contribution is -2.38. The highest BCUT2D eigenvalue weighted by Gasteiger charge is 2.17. The highest BCUT2D eigenvalue weighted by atomic mass is 79.9. The third-order valence-electron chi connectivity index (χ3n) is 3.19. The molecule has 0 spiro atoms. The SMILES string of the molecule is N#CCCn1c(=O)n(-c2cncc(Cl)c2)c(=O)c2sc(Br)cc21. The maximum Gasteiger partial charge on any atom is 0.336 e. The minimum absolute atomic E-state index is 0.161. The molecule has 3 aromatic heterocycles. The molecule has 0 amide bonds. The molecule has 0 N–H and O–H groups in total. The van der Waals surface area contributed by atoms with Gasteiger partial charge in [0.05, 0.1) is 38.7 Å². The van der Waals surface area contributed by atoms with Crippen LogP contribution < -0.4 is 11.2 Å². The topological polar surface area (TPSA) is 80.7 Å². The largest absolute Gasteiger partial charge is 0.336 e. The van der Waals surface area contributed by atoms with E-state index < -0.39 is 11.2 Å². The molecule has 3 rings (SSSR count).